The van der Waals surface area contributed by atoms with Gasteiger partial charge in [0.2, 0.25) is 0 Å². The van der Waals surface area contributed by atoms with Gasteiger partial charge in [0.15, 0.2) is 0 Å². The maximum Gasteiger partial charge on any atom is 0.123 e. The first-order valence-electron chi connectivity index (χ1n) is 9.74. The molecule has 3 nitrogen and oxygen atoms in total. The molecule has 0 spiro atoms. The van der Waals surface area contributed by atoms with Crippen LogP contribution in [0.1, 0.15) is 96.4 Å². The minimum Gasteiger partial charge on any atom is -0.507 e. The molecule has 3 heteroatoms. The van der Waals surface area contributed by atoms with Crippen LogP contribution in [-0.2, 0) is 10.8 Å². The molecule has 1 saturated carbocycles. The summed E-state index contributed by atoms with van der Waals surface area (Å²) in [5.74, 6) is 0.650. The lowest BCUT2D eigenvalue weighted by Crippen LogP contribution is -2.34. The van der Waals surface area contributed by atoms with Crippen molar-refractivity contribution in [2.24, 2.45) is 11.7 Å². The molecule has 0 radical (unpaired) electrons. The molecular weight excluding hydrogens is 310 g/mol. The van der Waals surface area contributed by atoms with Crippen LogP contribution in [0, 0.1) is 5.92 Å². The van der Waals surface area contributed by atoms with Gasteiger partial charge >= 0.3 is 0 Å². The maximum atomic E-state index is 10.9. The van der Waals surface area contributed by atoms with Crippen LogP contribution < -0.4 is 5.73 Å². The van der Waals surface area contributed by atoms with Gasteiger partial charge < -0.3 is 15.9 Å². The van der Waals surface area contributed by atoms with Crippen molar-refractivity contribution in [2.75, 3.05) is 0 Å². The van der Waals surface area contributed by atoms with Crippen molar-refractivity contribution in [3.8, 4) is 5.75 Å². The zero-order valence-corrected chi connectivity index (χ0v) is 16.9. The fraction of sp³-hybridized carbons (Fsp3) is 0.727. The number of rotatable bonds is 3. The van der Waals surface area contributed by atoms with Gasteiger partial charge in [0.1, 0.15) is 5.75 Å². The Morgan fingerprint density at radius 1 is 0.920 bits per heavy atom. The standard InChI is InChI=1S/C22H37NO2/c1-21(2,3)16-12-15(13-17(20(16)25)22(4,5)6)18(23)19(24)14-10-8-7-9-11-14/h12-14,18-19,24-25H,7-11,23H2,1-6H3/t18-,19+/m1/s1. The molecule has 1 fully saturated rings. The van der Waals surface area contributed by atoms with Crippen LogP contribution in [0.15, 0.2) is 12.1 Å². The molecule has 1 aliphatic rings. The SMILES string of the molecule is CC(C)(C)c1cc([C@@H](N)[C@@H](O)C2CCCCC2)cc(C(C)(C)C)c1O. The average Bonchev–Trinajstić information content (AvgIpc) is 2.52. The van der Waals surface area contributed by atoms with E-state index in [0.29, 0.717) is 5.75 Å². The van der Waals surface area contributed by atoms with E-state index in [4.69, 9.17) is 5.73 Å². The van der Waals surface area contributed by atoms with Crippen LogP contribution in [0.25, 0.3) is 0 Å². The van der Waals surface area contributed by atoms with Crippen LogP contribution in [0.2, 0.25) is 0 Å². The zero-order chi connectivity index (χ0) is 19.0. The molecule has 2 atom stereocenters. The summed E-state index contributed by atoms with van der Waals surface area (Å²) in [5.41, 5.74) is 8.89. The second-order valence-corrected chi connectivity index (χ2v) is 9.88. The van der Waals surface area contributed by atoms with Crippen molar-refractivity contribution < 1.29 is 10.2 Å². The molecule has 0 saturated heterocycles. The summed E-state index contributed by atoms with van der Waals surface area (Å²) in [6.45, 7) is 12.6. The second-order valence-electron chi connectivity index (χ2n) is 9.88. The van der Waals surface area contributed by atoms with Crippen LogP contribution >= 0.6 is 0 Å². The van der Waals surface area contributed by atoms with Gasteiger partial charge in [-0.05, 0) is 58.4 Å². The monoisotopic (exact) mass is 347 g/mol. The first-order valence-corrected chi connectivity index (χ1v) is 9.74. The fourth-order valence-corrected chi connectivity index (χ4v) is 3.96. The van der Waals surface area contributed by atoms with E-state index in [9.17, 15) is 10.2 Å². The third kappa shape index (κ3) is 4.57. The topological polar surface area (TPSA) is 66.5 Å². The summed E-state index contributed by atoms with van der Waals surface area (Å²) in [4.78, 5) is 0. The highest BCUT2D eigenvalue weighted by Gasteiger charge is 2.31. The molecule has 1 aromatic carbocycles. The van der Waals surface area contributed by atoms with Gasteiger partial charge in [-0.2, -0.15) is 0 Å². The zero-order valence-electron chi connectivity index (χ0n) is 16.9. The van der Waals surface area contributed by atoms with Crippen LogP contribution in [0.4, 0.5) is 0 Å². The van der Waals surface area contributed by atoms with E-state index in [1.54, 1.807) is 0 Å². The highest BCUT2D eigenvalue weighted by atomic mass is 16.3. The first-order chi connectivity index (χ1) is 11.4. The van der Waals surface area contributed by atoms with E-state index in [2.05, 4.69) is 41.5 Å². The maximum absolute atomic E-state index is 10.9. The summed E-state index contributed by atoms with van der Waals surface area (Å²) < 4.78 is 0. The molecule has 0 unspecified atom stereocenters. The molecule has 2 rings (SSSR count). The quantitative estimate of drug-likeness (QED) is 0.726. The predicted octanol–water partition coefficient (Wildman–Crippen LogP) is 4.93. The number of hydrogen-bond donors (Lipinski definition) is 3. The van der Waals surface area contributed by atoms with E-state index in [1.165, 1.54) is 19.3 Å². The van der Waals surface area contributed by atoms with E-state index in [1.807, 2.05) is 12.1 Å². The van der Waals surface area contributed by atoms with Gasteiger partial charge in [0.05, 0.1) is 12.1 Å². The lowest BCUT2D eigenvalue weighted by molar-refractivity contribution is 0.0617. The number of aliphatic hydroxyl groups excluding tert-OH is 1. The van der Waals surface area contributed by atoms with Gasteiger partial charge in [-0.15, -0.1) is 0 Å². The van der Waals surface area contributed by atoms with Crippen molar-refractivity contribution >= 4 is 0 Å². The number of nitrogens with two attached hydrogens (primary N) is 1. The Kier molecular flexibility index (Phi) is 5.90. The Bertz CT molecular complexity index is 554. The number of aliphatic hydroxyl groups is 1. The molecule has 142 valence electrons. The molecule has 1 aromatic rings. The minimum atomic E-state index is -0.523. The van der Waals surface area contributed by atoms with Gasteiger partial charge in [-0.1, -0.05) is 60.8 Å². The number of phenolic OH excluding ortho intramolecular Hbond substituents is 1. The number of benzene rings is 1. The Hall–Kier alpha value is -1.06. The Morgan fingerprint density at radius 3 is 1.76 bits per heavy atom. The third-order valence-corrected chi connectivity index (χ3v) is 5.63. The highest BCUT2D eigenvalue weighted by molar-refractivity contribution is 5.50. The van der Waals surface area contributed by atoms with Gasteiger partial charge in [-0.3, -0.25) is 0 Å². The largest absolute Gasteiger partial charge is 0.507 e. The molecule has 0 aliphatic heterocycles. The first kappa shape index (κ1) is 20.3. The van der Waals surface area contributed by atoms with Gasteiger partial charge in [0, 0.05) is 0 Å². The Labute approximate surface area is 153 Å². The van der Waals surface area contributed by atoms with E-state index in [0.717, 1.165) is 29.5 Å². The Morgan fingerprint density at radius 2 is 1.36 bits per heavy atom. The Balaban J connectivity index is 2.45. The van der Waals surface area contributed by atoms with Crippen LogP contribution in [0.3, 0.4) is 0 Å². The average molecular weight is 348 g/mol. The van der Waals surface area contributed by atoms with Crippen molar-refractivity contribution in [1.82, 2.24) is 0 Å². The summed E-state index contributed by atoms with van der Waals surface area (Å²) in [6.07, 6.45) is 5.23. The predicted molar refractivity (Wildman–Crippen MR) is 105 cm³/mol. The number of phenols is 1. The van der Waals surface area contributed by atoms with Crippen molar-refractivity contribution in [3.63, 3.8) is 0 Å². The summed E-state index contributed by atoms with van der Waals surface area (Å²) in [6, 6.07) is 3.59. The van der Waals surface area contributed by atoms with Crippen molar-refractivity contribution in [3.05, 3.63) is 28.8 Å². The fourth-order valence-electron chi connectivity index (χ4n) is 3.96. The minimum absolute atomic E-state index is 0.185. The molecule has 0 aromatic heterocycles. The van der Waals surface area contributed by atoms with Gasteiger partial charge in [-0.25, -0.2) is 0 Å². The highest BCUT2D eigenvalue weighted by Crippen LogP contribution is 2.41. The van der Waals surface area contributed by atoms with Crippen LogP contribution in [-0.4, -0.2) is 16.3 Å². The summed E-state index contributed by atoms with van der Waals surface area (Å²) in [5, 5.41) is 21.7. The molecule has 0 heterocycles. The molecule has 0 amide bonds. The molecule has 1 aliphatic carbocycles. The molecular formula is C22H37NO2. The molecule has 4 N–H and O–H groups in total. The molecule has 0 bridgehead atoms. The summed E-state index contributed by atoms with van der Waals surface area (Å²) in [7, 11) is 0. The number of aromatic hydroxyl groups is 1. The van der Waals surface area contributed by atoms with Gasteiger partial charge in [0.25, 0.3) is 0 Å². The van der Waals surface area contributed by atoms with Crippen molar-refractivity contribution in [2.45, 2.75) is 96.6 Å². The third-order valence-electron chi connectivity index (χ3n) is 5.63. The van der Waals surface area contributed by atoms with Crippen molar-refractivity contribution in [1.29, 1.82) is 0 Å². The van der Waals surface area contributed by atoms with E-state index < -0.39 is 12.1 Å². The lowest BCUT2D eigenvalue weighted by Gasteiger charge is -2.33. The molecule has 25 heavy (non-hydrogen) atoms. The smallest absolute Gasteiger partial charge is 0.123 e. The van der Waals surface area contributed by atoms with E-state index >= 15 is 0 Å². The number of hydrogen-bond acceptors (Lipinski definition) is 3. The van der Waals surface area contributed by atoms with E-state index in [-0.39, 0.29) is 16.7 Å². The van der Waals surface area contributed by atoms with Crippen LogP contribution in [0.5, 0.6) is 5.75 Å². The normalized spacial score (nSPS) is 19.7. The second kappa shape index (κ2) is 7.28. The lowest BCUT2D eigenvalue weighted by atomic mass is 9.76. The summed E-state index contributed by atoms with van der Waals surface area (Å²) >= 11 is 0.